The summed E-state index contributed by atoms with van der Waals surface area (Å²) >= 11 is 0. The van der Waals surface area contributed by atoms with Gasteiger partial charge in [-0.1, -0.05) is 29.4 Å². The summed E-state index contributed by atoms with van der Waals surface area (Å²) in [6, 6.07) is 11.8. The Morgan fingerprint density at radius 1 is 1.04 bits per heavy atom. The van der Waals surface area contributed by atoms with E-state index in [1.165, 1.54) is 0 Å². The van der Waals surface area contributed by atoms with Gasteiger partial charge in [0.05, 0.1) is 11.4 Å². The van der Waals surface area contributed by atoms with Gasteiger partial charge in [-0.2, -0.15) is 0 Å². The van der Waals surface area contributed by atoms with Crippen LogP contribution in [-0.4, -0.2) is 35.1 Å². The van der Waals surface area contributed by atoms with E-state index in [1.54, 1.807) is 7.11 Å². The molecule has 0 atom stereocenters. The summed E-state index contributed by atoms with van der Waals surface area (Å²) in [5.41, 5.74) is 5.28. The van der Waals surface area contributed by atoms with Crippen molar-refractivity contribution in [3.63, 3.8) is 0 Å². The SMILES string of the molecule is CC/C(=N\OC)c1cccc(CCCO/N=C(\C)c2cccc(C)n2)n1. The maximum Gasteiger partial charge on any atom is 0.117 e. The zero-order valence-electron chi connectivity index (χ0n) is 15.9. The summed E-state index contributed by atoms with van der Waals surface area (Å²) in [6.45, 7) is 6.42. The summed E-state index contributed by atoms with van der Waals surface area (Å²) in [5.74, 6) is 0. The van der Waals surface area contributed by atoms with Crippen LogP contribution in [0.5, 0.6) is 0 Å². The summed E-state index contributed by atoms with van der Waals surface area (Å²) in [4.78, 5) is 19.4. The fourth-order valence-corrected chi connectivity index (χ4v) is 2.43. The highest BCUT2D eigenvalue weighted by Gasteiger charge is 2.05. The van der Waals surface area contributed by atoms with Crippen molar-refractivity contribution in [2.45, 2.75) is 40.0 Å². The standard InChI is InChI=1S/C20H26N4O2/c1-5-18(24-25-4)20-13-7-10-17(22-20)11-8-14-26-23-16(3)19-12-6-9-15(2)21-19/h6-7,9-10,12-13H,5,8,11,14H2,1-4H3/b23-16+,24-18+. The van der Waals surface area contributed by atoms with Gasteiger partial charge in [0.25, 0.3) is 0 Å². The molecule has 2 rings (SSSR count). The Labute approximate surface area is 155 Å². The molecule has 2 aromatic rings. The van der Waals surface area contributed by atoms with Crippen LogP contribution in [0.3, 0.4) is 0 Å². The lowest BCUT2D eigenvalue weighted by Crippen LogP contribution is -2.06. The van der Waals surface area contributed by atoms with Gasteiger partial charge in [-0.25, -0.2) is 0 Å². The molecule has 0 fully saturated rings. The van der Waals surface area contributed by atoms with Gasteiger partial charge in [-0.05, 0) is 57.4 Å². The number of oxime groups is 2. The second kappa shape index (κ2) is 10.3. The first kappa shape index (κ1) is 19.6. The van der Waals surface area contributed by atoms with Crippen molar-refractivity contribution in [2.24, 2.45) is 10.3 Å². The summed E-state index contributed by atoms with van der Waals surface area (Å²) in [5, 5.41) is 8.17. The molecule has 6 heteroatoms. The molecular weight excluding hydrogens is 328 g/mol. The molecule has 0 aliphatic rings. The van der Waals surface area contributed by atoms with Gasteiger partial charge >= 0.3 is 0 Å². The Morgan fingerprint density at radius 2 is 1.81 bits per heavy atom. The number of hydrogen-bond acceptors (Lipinski definition) is 6. The highest BCUT2D eigenvalue weighted by molar-refractivity contribution is 5.98. The topological polar surface area (TPSA) is 69.0 Å². The van der Waals surface area contributed by atoms with Crippen LogP contribution in [0.1, 0.15) is 49.5 Å². The highest BCUT2D eigenvalue weighted by Crippen LogP contribution is 2.07. The van der Waals surface area contributed by atoms with Gasteiger partial charge in [0.15, 0.2) is 0 Å². The molecule has 0 aliphatic carbocycles. The third-order valence-electron chi connectivity index (χ3n) is 3.77. The maximum atomic E-state index is 5.43. The van der Waals surface area contributed by atoms with Crippen molar-refractivity contribution in [2.75, 3.05) is 13.7 Å². The van der Waals surface area contributed by atoms with Crippen LogP contribution in [0, 0.1) is 6.92 Å². The van der Waals surface area contributed by atoms with Gasteiger partial charge in [0.2, 0.25) is 0 Å². The predicted octanol–water partition coefficient (Wildman–Crippen LogP) is 3.92. The molecule has 0 N–H and O–H groups in total. The Hall–Kier alpha value is -2.76. The van der Waals surface area contributed by atoms with E-state index in [1.807, 2.05) is 57.2 Å². The molecular formula is C20H26N4O2. The van der Waals surface area contributed by atoms with E-state index in [2.05, 4.69) is 20.3 Å². The average Bonchev–Trinajstić information content (AvgIpc) is 2.66. The van der Waals surface area contributed by atoms with Crippen molar-refractivity contribution in [3.8, 4) is 0 Å². The van der Waals surface area contributed by atoms with E-state index in [4.69, 9.17) is 9.68 Å². The minimum Gasteiger partial charge on any atom is -0.399 e. The average molecular weight is 354 g/mol. The first-order valence-electron chi connectivity index (χ1n) is 8.81. The largest absolute Gasteiger partial charge is 0.399 e. The fourth-order valence-electron chi connectivity index (χ4n) is 2.43. The number of aromatic nitrogens is 2. The van der Waals surface area contributed by atoms with Gasteiger partial charge in [0.1, 0.15) is 25.1 Å². The number of pyridine rings is 2. The molecule has 2 aromatic heterocycles. The van der Waals surface area contributed by atoms with Crippen molar-refractivity contribution in [3.05, 3.63) is 59.2 Å². The minimum absolute atomic E-state index is 0.530. The van der Waals surface area contributed by atoms with Crippen molar-refractivity contribution < 1.29 is 9.68 Å². The smallest absolute Gasteiger partial charge is 0.117 e. The van der Waals surface area contributed by atoms with E-state index < -0.39 is 0 Å². The molecule has 6 nitrogen and oxygen atoms in total. The van der Waals surface area contributed by atoms with Gasteiger partial charge in [0, 0.05) is 11.4 Å². The van der Waals surface area contributed by atoms with Crippen molar-refractivity contribution >= 4 is 11.4 Å². The van der Waals surface area contributed by atoms with Gasteiger partial charge in [-0.15, -0.1) is 0 Å². The van der Waals surface area contributed by atoms with Crippen molar-refractivity contribution in [1.82, 2.24) is 9.97 Å². The molecule has 0 saturated heterocycles. The Bertz CT molecular complexity index is 772. The zero-order chi connectivity index (χ0) is 18.8. The lowest BCUT2D eigenvalue weighted by molar-refractivity contribution is 0.141. The molecule has 0 spiro atoms. The first-order chi connectivity index (χ1) is 12.6. The van der Waals surface area contributed by atoms with Gasteiger partial charge < -0.3 is 9.68 Å². The van der Waals surface area contributed by atoms with E-state index >= 15 is 0 Å². The van der Waals surface area contributed by atoms with Gasteiger partial charge in [-0.3, -0.25) is 9.97 Å². The Balaban J connectivity index is 1.85. The second-order valence-corrected chi connectivity index (χ2v) is 5.87. The van der Waals surface area contributed by atoms with E-state index in [-0.39, 0.29) is 0 Å². The molecule has 0 amide bonds. The number of hydrogen-bond donors (Lipinski definition) is 0. The van der Waals surface area contributed by atoms with E-state index in [0.29, 0.717) is 6.61 Å². The molecule has 0 radical (unpaired) electrons. The molecule has 0 unspecified atom stereocenters. The van der Waals surface area contributed by atoms with Crippen LogP contribution in [0.2, 0.25) is 0 Å². The summed E-state index contributed by atoms with van der Waals surface area (Å²) in [7, 11) is 1.55. The van der Waals surface area contributed by atoms with Crippen LogP contribution >= 0.6 is 0 Å². The van der Waals surface area contributed by atoms with Crippen LogP contribution in [0.4, 0.5) is 0 Å². The third kappa shape index (κ3) is 5.95. The van der Waals surface area contributed by atoms with Crippen LogP contribution in [-0.2, 0) is 16.1 Å². The molecule has 0 bridgehead atoms. The highest BCUT2D eigenvalue weighted by atomic mass is 16.6. The minimum atomic E-state index is 0.530. The summed E-state index contributed by atoms with van der Waals surface area (Å²) in [6.07, 6.45) is 2.42. The predicted molar refractivity (Wildman–Crippen MR) is 104 cm³/mol. The molecule has 0 aliphatic heterocycles. The Kier molecular flexibility index (Phi) is 7.74. The molecule has 0 aromatic carbocycles. The number of nitrogens with zero attached hydrogens (tertiary/aromatic N) is 4. The first-order valence-corrected chi connectivity index (χ1v) is 8.81. The molecule has 26 heavy (non-hydrogen) atoms. The normalized spacial score (nSPS) is 12.2. The quantitative estimate of drug-likeness (QED) is 0.389. The van der Waals surface area contributed by atoms with Crippen molar-refractivity contribution in [1.29, 1.82) is 0 Å². The second-order valence-electron chi connectivity index (χ2n) is 5.87. The van der Waals surface area contributed by atoms with Crippen LogP contribution in [0.15, 0.2) is 46.7 Å². The molecule has 0 saturated carbocycles. The van der Waals surface area contributed by atoms with Crippen LogP contribution < -0.4 is 0 Å². The molecule has 138 valence electrons. The number of aryl methyl sites for hydroxylation is 2. The zero-order valence-corrected chi connectivity index (χ0v) is 15.9. The third-order valence-corrected chi connectivity index (χ3v) is 3.77. The summed E-state index contributed by atoms with van der Waals surface area (Å²) < 4.78 is 0. The Morgan fingerprint density at radius 3 is 2.54 bits per heavy atom. The maximum absolute atomic E-state index is 5.43. The fraction of sp³-hybridized carbons (Fsp3) is 0.400. The van der Waals surface area contributed by atoms with E-state index in [9.17, 15) is 0 Å². The molecule has 2 heterocycles. The lowest BCUT2D eigenvalue weighted by atomic mass is 10.1. The monoisotopic (exact) mass is 354 g/mol. The number of rotatable bonds is 9. The lowest BCUT2D eigenvalue weighted by Gasteiger charge is -2.06. The van der Waals surface area contributed by atoms with E-state index in [0.717, 1.165) is 53.5 Å². The van der Waals surface area contributed by atoms with Crippen LogP contribution in [0.25, 0.3) is 0 Å².